The lowest BCUT2D eigenvalue weighted by atomic mass is 9.93. The molecule has 1 N–H and O–H groups in total. The zero-order valence-corrected chi connectivity index (χ0v) is 20.0. The summed E-state index contributed by atoms with van der Waals surface area (Å²) in [5, 5.41) is 5.79. The van der Waals surface area contributed by atoms with Crippen LogP contribution in [0.2, 0.25) is 0 Å². The van der Waals surface area contributed by atoms with E-state index < -0.39 is 0 Å². The van der Waals surface area contributed by atoms with Gasteiger partial charge in [-0.3, -0.25) is 4.98 Å². The summed E-state index contributed by atoms with van der Waals surface area (Å²) < 4.78 is 5.64. The van der Waals surface area contributed by atoms with Crippen molar-refractivity contribution in [2.24, 2.45) is 5.92 Å². The minimum Gasteiger partial charge on any atom is -0.495 e. The molecule has 1 aromatic carbocycles. The highest BCUT2D eigenvalue weighted by molar-refractivity contribution is 7.80. The second kappa shape index (κ2) is 14.3. The number of thiocarbonyl (C=S) groups is 1. The molecule has 2 aromatic rings. The molecule has 2 rings (SSSR count). The van der Waals surface area contributed by atoms with E-state index in [1.165, 1.54) is 77.0 Å². The molecule has 0 aliphatic rings. The van der Waals surface area contributed by atoms with Gasteiger partial charge in [0.25, 0.3) is 0 Å². The number of unbranched alkanes of at least 4 members (excludes halogenated alkanes) is 8. The van der Waals surface area contributed by atoms with Crippen LogP contribution in [-0.4, -0.2) is 17.1 Å². The number of fused-ring (bicyclic) bond motifs is 1. The summed E-state index contributed by atoms with van der Waals surface area (Å²) in [6.07, 6.45) is 19.2. The number of rotatable bonds is 15. The van der Waals surface area contributed by atoms with Crippen LogP contribution in [0.25, 0.3) is 10.8 Å². The smallest absolute Gasteiger partial charge is 0.142 e. The Morgan fingerprint density at radius 2 is 1.57 bits per heavy atom. The zero-order chi connectivity index (χ0) is 21.6. The molecule has 1 heterocycles. The highest BCUT2D eigenvalue weighted by atomic mass is 32.1. The largest absolute Gasteiger partial charge is 0.495 e. The molecule has 0 amide bonds. The highest BCUT2D eigenvalue weighted by Gasteiger charge is 2.17. The second-order valence-corrected chi connectivity index (χ2v) is 8.77. The lowest BCUT2D eigenvalue weighted by Gasteiger charge is -2.22. The Hall–Kier alpha value is -1.68. The Morgan fingerprint density at radius 3 is 2.23 bits per heavy atom. The van der Waals surface area contributed by atoms with Gasteiger partial charge in [-0.1, -0.05) is 90.3 Å². The van der Waals surface area contributed by atoms with Crippen molar-refractivity contribution in [2.45, 2.75) is 90.9 Å². The quantitative estimate of drug-likeness (QED) is 0.228. The van der Waals surface area contributed by atoms with Crippen molar-refractivity contribution >= 4 is 33.7 Å². The van der Waals surface area contributed by atoms with E-state index in [-0.39, 0.29) is 0 Å². The van der Waals surface area contributed by atoms with Crippen molar-refractivity contribution < 1.29 is 4.74 Å². The molecule has 0 spiro atoms. The maximum Gasteiger partial charge on any atom is 0.142 e. The number of hydrogen-bond acceptors (Lipinski definition) is 3. The summed E-state index contributed by atoms with van der Waals surface area (Å²) in [5.74, 6) is 1.27. The van der Waals surface area contributed by atoms with Gasteiger partial charge >= 0.3 is 0 Å². The van der Waals surface area contributed by atoms with Crippen molar-refractivity contribution in [3.8, 4) is 5.75 Å². The van der Waals surface area contributed by atoms with E-state index in [1.54, 1.807) is 7.11 Å². The zero-order valence-electron chi connectivity index (χ0n) is 19.2. The van der Waals surface area contributed by atoms with Crippen molar-refractivity contribution in [2.75, 3.05) is 12.4 Å². The van der Waals surface area contributed by atoms with Crippen LogP contribution in [0.5, 0.6) is 5.75 Å². The Labute approximate surface area is 189 Å². The molecule has 1 aromatic heterocycles. The van der Waals surface area contributed by atoms with E-state index in [1.807, 2.05) is 30.6 Å². The number of anilines is 1. The maximum atomic E-state index is 5.94. The number of nitrogens with one attached hydrogen (secondary N) is 1. The fourth-order valence-corrected chi connectivity index (χ4v) is 4.41. The third-order valence-corrected chi connectivity index (χ3v) is 6.37. The summed E-state index contributed by atoms with van der Waals surface area (Å²) in [5.41, 5.74) is 0.976. The van der Waals surface area contributed by atoms with Crippen LogP contribution in [0.15, 0.2) is 30.6 Å². The topological polar surface area (TPSA) is 34.1 Å². The van der Waals surface area contributed by atoms with Crippen LogP contribution in [0.4, 0.5) is 5.69 Å². The molecule has 0 aliphatic heterocycles. The van der Waals surface area contributed by atoms with Gasteiger partial charge in [0.15, 0.2) is 0 Å². The number of benzene rings is 1. The molecular formula is C26H40N2OS. The summed E-state index contributed by atoms with van der Waals surface area (Å²) >= 11 is 5.94. The van der Waals surface area contributed by atoms with Gasteiger partial charge in [0, 0.05) is 29.1 Å². The van der Waals surface area contributed by atoms with Gasteiger partial charge < -0.3 is 10.1 Å². The van der Waals surface area contributed by atoms with Crippen LogP contribution < -0.4 is 10.1 Å². The second-order valence-electron chi connectivity index (χ2n) is 8.33. The third kappa shape index (κ3) is 7.86. The number of aromatic nitrogens is 1. The molecule has 0 bridgehead atoms. The van der Waals surface area contributed by atoms with Crippen molar-refractivity contribution in [1.29, 1.82) is 0 Å². The number of nitrogens with zero attached hydrogens (tertiary/aromatic N) is 1. The minimum absolute atomic E-state index is 0.435. The summed E-state index contributed by atoms with van der Waals surface area (Å²) in [6, 6.07) is 6.08. The van der Waals surface area contributed by atoms with Crippen LogP contribution in [0, 0.1) is 5.92 Å². The van der Waals surface area contributed by atoms with Crippen LogP contribution in [0.1, 0.15) is 90.9 Å². The Balaban J connectivity index is 2.06. The minimum atomic E-state index is 0.435. The first kappa shape index (κ1) is 24.6. The molecule has 166 valence electrons. The van der Waals surface area contributed by atoms with Gasteiger partial charge in [-0.05, 0) is 31.0 Å². The first-order valence-corrected chi connectivity index (χ1v) is 12.3. The van der Waals surface area contributed by atoms with Crippen molar-refractivity contribution in [3.63, 3.8) is 0 Å². The third-order valence-electron chi connectivity index (χ3n) is 5.93. The average Bonchev–Trinajstić information content (AvgIpc) is 2.77. The van der Waals surface area contributed by atoms with E-state index in [2.05, 4.69) is 24.1 Å². The molecule has 4 heteroatoms. The van der Waals surface area contributed by atoms with Gasteiger partial charge in [-0.15, -0.1) is 0 Å². The van der Waals surface area contributed by atoms with Crippen LogP contribution >= 0.6 is 12.2 Å². The fraction of sp³-hybridized carbons (Fsp3) is 0.615. The summed E-state index contributed by atoms with van der Waals surface area (Å²) in [7, 11) is 1.72. The van der Waals surface area contributed by atoms with Gasteiger partial charge in [-0.25, -0.2) is 0 Å². The molecule has 30 heavy (non-hydrogen) atoms. The number of pyridine rings is 1. The predicted molar refractivity (Wildman–Crippen MR) is 135 cm³/mol. The normalized spacial score (nSPS) is 12.1. The average molecular weight is 429 g/mol. The standard InChI is InChI=1S/C26H40N2OS/c1-4-6-8-10-11-13-15-21(14-12-9-7-5-2)26(30)28-25-23-18-19-27-20-22(23)16-17-24(25)29-3/h16-21H,4-15H2,1-3H3,(H,28,30). The Bertz CT molecular complexity index is 762. The van der Waals surface area contributed by atoms with E-state index in [4.69, 9.17) is 17.0 Å². The van der Waals surface area contributed by atoms with Gasteiger partial charge in [0.05, 0.1) is 17.8 Å². The molecule has 3 nitrogen and oxygen atoms in total. The molecule has 0 radical (unpaired) electrons. The van der Waals surface area contributed by atoms with E-state index in [9.17, 15) is 0 Å². The molecule has 1 atom stereocenters. The molecule has 0 saturated heterocycles. The van der Waals surface area contributed by atoms with Gasteiger partial charge in [0.2, 0.25) is 0 Å². The van der Waals surface area contributed by atoms with Gasteiger partial charge in [0.1, 0.15) is 5.75 Å². The van der Waals surface area contributed by atoms with Crippen LogP contribution in [0.3, 0.4) is 0 Å². The van der Waals surface area contributed by atoms with Gasteiger partial charge in [-0.2, -0.15) is 0 Å². The van der Waals surface area contributed by atoms with E-state index in [0.717, 1.165) is 27.2 Å². The Morgan fingerprint density at radius 1 is 0.933 bits per heavy atom. The molecule has 1 unspecified atom stereocenters. The maximum absolute atomic E-state index is 5.94. The summed E-state index contributed by atoms with van der Waals surface area (Å²) in [4.78, 5) is 5.21. The highest BCUT2D eigenvalue weighted by Crippen LogP contribution is 2.34. The molecule has 0 aliphatic carbocycles. The van der Waals surface area contributed by atoms with Crippen molar-refractivity contribution in [3.05, 3.63) is 30.6 Å². The monoisotopic (exact) mass is 428 g/mol. The lowest BCUT2D eigenvalue weighted by Crippen LogP contribution is -2.21. The summed E-state index contributed by atoms with van der Waals surface area (Å²) in [6.45, 7) is 4.54. The Kier molecular flexibility index (Phi) is 11.8. The first-order valence-electron chi connectivity index (χ1n) is 11.9. The molecule has 0 saturated carbocycles. The predicted octanol–water partition coefficient (Wildman–Crippen LogP) is 8.32. The van der Waals surface area contributed by atoms with Crippen molar-refractivity contribution in [1.82, 2.24) is 4.98 Å². The molecular weight excluding hydrogens is 388 g/mol. The number of methoxy groups -OCH3 is 1. The SMILES string of the molecule is CCCCCCCCC(CCCCCC)C(=S)Nc1c(OC)ccc2cnccc12. The number of hydrogen-bond donors (Lipinski definition) is 1. The lowest BCUT2D eigenvalue weighted by molar-refractivity contribution is 0.417. The van der Waals surface area contributed by atoms with Crippen LogP contribution in [-0.2, 0) is 0 Å². The van der Waals surface area contributed by atoms with E-state index >= 15 is 0 Å². The first-order chi connectivity index (χ1) is 14.7. The molecule has 0 fully saturated rings. The number of ether oxygens (including phenoxy) is 1. The van der Waals surface area contributed by atoms with E-state index in [0.29, 0.717) is 5.92 Å². The fourth-order valence-electron chi connectivity index (χ4n) is 4.07.